The van der Waals surface area contributed by atoms with Crippen LogP contribution in [0.2, 0.25) is 0 Å². The molecule has 0 spiro atoms. The van der Waals surface area contributed by atoms with E-state index < -0.39 is 4.92 Å². The Morgan fingerprint density at radius 1 is 1.31 bits per heavy atom. The van der Waals surface area contributed by atoms with Crippen LogP contribution in [0.3, 0.4) is 0 Å². The number of hydrogen-bond acceptors (Lipinski definition) is 3. The van der Waals surface area contributed by atoms with Gasteiger partial charge >= 0.3 is 0 Å². The molecule has 0 aromatic heterocycles. The first kappa shape index (κ1) is 9.85. The highest BCUT2D eigenvalue weighted by molar-refractivity contribution is 7.96. The Hall–Kier alpha value is -1.23. The van der Waals surface area contributed by atoms with Crippen molar-refractivity contribution in [2.75, 3.05) is 17.2 Å². The van der Waals surface area contributed by atoms with Crippen molar-refractivity contribution in [2.24, 2.45) is 0 Å². The quantitative estimate of drug-likeness (QED) is 0.459. The second-order valence-corrected chi connectivity index (χ2v) is 4.56. The number of benzene rings is 1. The van der Waals surface area contributed by atoms with Crippen LogP contribution < -0.4 is 4.72 Å². The maximum Gasteiger partial charge on any atom is 0.269 e. The number of anilines is 1. The molecule has 0 aliphatic rings. The van der Waals surface area contributed by atoms with Gasteiger partial charge < -0.3 is 0 Å². The van der Waals surface area contributed by atoms with Crippen molar-refractivity contribution in [3.05, 3.63) is 34.4 Å². The monoisotopic (exact) mass is 199 g/mol. The Kier molecular flexibility index (Phi) is 3.13. The van der Waals surface area contributed by atoms with Crippen LogP contribution >= 0.6 is 0 Å². The van der Waals surface area contributed by atoms with Crippen molar-refractivity contribution in [3.8, 4) is 0 Å². The first-order valence-electron chi connectivity index (χ1n) is 3.68. The van der Waals surface area contributed by atoms with Gasteiger partial charge in [-0.15, -0.1) is 0 Å². The zero-order valence-electron chi connectivity index (χ0n) is 7.48. The van der Waals surface area contributed by atoms with Gasteiger partial charge in [-0.2, -0.15) is 0 Å². The van der Waals surface area contributed by atoms with E-state index >= 15 is 0 Å². The molecule has 0 fully saturated rings. The fourth-order valence-electron chi connectivity index (χ4n) is 0.887. The molecule has 70 valence electrons. The van der Waals surface area contributed by atoms with Gasteiger partial charge in [0.05, 0.1) is 21.7 Å². The molecule has 0 aliphatic carbocycles. The van der Waals surface area contributed by atoms with E-state index in [2.05, 4.69) is 4.72 Å². The number of rotatable bonds is 3. The van der Waals surface area contributed by atoms with Crippen LogP contribution in [0.25, 0.3) is 0 Å². The Morgan fingerprint density at radius 3 is 2.23 bits per heavy atom. The van der Waals surface area contributed by atoms with E-state index in [0.717, 1.165) is 5.69 Å². The van der Waals surface area contributed by atoms with E-state index in [4.69, 9.17) is 0 Å². The van der Waals surface area contributed by atoms with Gasteiger partial charge in [0.1, 0.15) is 12.5 Å². The fourth-order valence-corrected chi connectivity index (χ4v) is 1.49. The molecule has 0 bridgehead atoms. The van der Waals surface area contributed by atoms with Crippen LogP contribution in [-0.4, -0.2) is 17.4 Å². The highest BCUT2D eigenvalue weighted by Gasteiger charge is 2.06. The van der Waals surface area contributed by atoms with Crippen LogP contribution in [0, 0.1) is 10.1 Å². The minimum atomic E-state index is -0.401. The zero-order valence-corrected chi connectivity index (χ0v) is 8.30. The third kappa shape index (κ3) is 2.95. The topological polar surface area (TPSA) is 55.2 Å². The summed E-state index contributed by atoms with van der Waals surface area (Å²) in [7, 11) is 0. The van der Waals surface area contributed by atoms with Crippen LogP contribution in [0.1, 0.15) is 0 Å². The zero-order chi connectivity index (χ0) is 9.84. The summed E-state index contributed by atoms with van der Waals surface area (Å²) in [5.41, 5.74) is 1.04. The largest absolute Gasteiger partial charge is 0.269 e. The second-order valence-electron chi connectivity index (χ2n) is 2.72. The Morgan fingerprint density at radius 2 is 1.85 bits per heavy atom. The molecule has 0 amide bonds. The van der Waals surface area contributed by atoms with E-state index in [0.29, 0.717) is 0 Å². The Labute approximate surface area is 79.6 Å². The molecule has 4 nitrogen and oxygen atoms in total. The van der Waals surface area contributed by atoms with Crippen LogP contribution in [0.5, 0.6) is 0 Å². The van der Waals surface area contributed by atoms with E-state index in [1.54, 1.807) is 12.1 Å². The summed E-state index contributed by atoms with van der Waals surface area (Å²) in [6.45, 7) is 0. The molecule has 1 rings (SSSR count). The van der Waals surface area contributed by atoms with Gasteiger partial charge in [-0.3, -0.25) is 10.1 Å². The van der Waals surface area contributed by atoms with Gasteiger partial charge in [0.25, 0.3) is 5.69 Å². The highest BCUT2D eigenvalue weighted by atomic mass is 32.2. The van der Waals surface area contributed by atoms with E-state index in [-0.39, 0.29) is 16.8 Å². The van der Waals surface area contributed by atoms with Crippen LogP contribution in [0.15, 0.2) is 24.3 Å². The lowest BCUT2D eigenvalue weighted by molar-refractivity contribution is -0.384. The molecular formula is C8H11N2O2S+. The molecule has 1 aromatic rings. The molecule has 0 aliphatic heterocycles. The lowest BCUT2D eigenvalue weighted by Crippen LogP contribution is -2.07. The Balaban J connectivity index is 2.75. The number of nitrogens with zero attached hydrogens (tertiary/aromatic N) is 1. The normalized spacial score (nSPS) is 10.1. The minimum absolute atomic E-state index is 0.0963. The smallest absolute Gasteiger partial charge is 0.258 e. The van der Waals surface area contributed by atoms with Crippen molar-refractivity contribution in [1.29, 1.82) is 0 Å². The van der Waals surface area contributed by atoms with Crippen LogP contribution in [-0.2, 0) is 11.1 Å². The van der Waals surface area contributed by atoms with Crippen LogP contribution in [0.4, 0.5) is 11.4 Å². The van der Waals surface area contributed by atoms with E-state index in [1.807, 2.05) is 12.5 Å². The molecule has 1 N–H and O–H groups in total. The SMILES string of the molecule is C[S+](C)Nc1ccc([N+](=O)[O-])cc1. The summed E-state index contributed by atoms with van der Waals surface area (Å²) in [5, 5.41) is 10.3. The van der Waals surface area contributed by atoms with Crippen molar-refractivity contribution in [3.63, 3.8) is 0 Å². The molecule has 13 heavy (non-hydrogen) atoms. The van der Waals surface area contributed by atoms with Gasteiger partial charge in [-0.1, -0.05) is 0 Å². The summed E-state index contributed by atoms with van der Waals surface area (Å²) in [6.07, 6.45) is 4.09. The molecule has 5 heteroatoms. The summed E-state index contributed by atoms with van der Waals surface area (Å²) in [5.74, 6) is 0. The molecule has 0 heterocycles. The lowest BCUT2D eigenvalue weighted by Gasteiger charge is -2.00. The minimum Gasteiger partial charge on any atom is -0.258 e. The molecule has 0 atom stereocenters. The lowest BCUT2D eigenvalue weighted by atomic mass is 10.3. The number of nitro benzene ring substituents is 1. The third-order valence-electron chi connectivity index (χ3n) is 1.40. The molecule has 1 aromatic carbocycles. The summed E-state index contributed by atoms with van der Waals surface area (Å²) in [4.78, 5) is 9.92. The third-order valence-corrected chi connectivity index (χ3v) is 2.04. The molecule has 0 unspecified atom stereocenters. The standard InChI is InChI=1S/C8H11N2O2S/c1-13(2)9-7-3-5-8(6-4-7)10(11)12/h3-6,9H,1-2H3/q+1. The summed E-state index contributed by atoms with van der Waals surface area (Å²) >= 11 is 0.0963. The average molecular weight is 199 g/mol. The first-order valence-corrected chi connectivity index (χ1v) is 5.72. The summed E-state index contributed by atoms with van der Waals surface area (Å²) in [6, 6.07) is 6.42. The number of hydrogen-bond donors (Lipinski definition) is 1. The second kappa shape index (κ2) is 4.13. The van der Waals surface area contributed by atoms with Gasteiger partial charge in [-0.05, 0) is 12.1 Å². The molecule has 0 radical (unpaired) electrons. The predicted molar refractivity (Wildman–Crippen MR) is 55.9 cm³/mol. The van der Waals surface area contributed by atoms with Gasteiger partial charge in [0, 0.05) is 12.1 Å². The van der Waals surface area contributed by atoms with Gasteiger partial charge in [-0.25, -0.2) is 4.72 Å². The number of nitro groups is 1. The highest BCUT2D eigenvalue weighted by Crippen LogP contribution is 2.15. The number of nitrogens with one attached hydrogen (secondary N) is 1. The predicted octanol–water partition coefficient (Wildman–Crippen LogP) is 1.80. The van der Waals surface area contributed by atoms with Gasteiger partial charge in [0.15, 0.2) is 0 Å². The summed E-state index contributed by atoms with van der Waals surface area (Å²) < 4.78 is 3.18. The van der Waals surface area contributed by atoms with Gasteiger partial charge in [0.2, 0.25) is 0 Å². The Bertz CT molecular complexity index is 298. The fraction of sp³-hybridized carbons (Fsp3) is 0.250. The molecule has 0 saturated heterocycles. The van der Waals surface area contributed by atoms with Crippen molar-refractivity contribution >= 4 is 22.5 Å². The maximum atomic E-state index is 10.3. The number of non-ortho nitro benzene ring substituents is 1. The van der Waals surface area contributed by atoms with Crippen molar-refractivity contribution in [1.82, 2.24) is 0 Å². The maximum absolute atomic E-state index is 10.3. The first-order chi connectivity index (χ1) is 6.09. The average Bonchev–Trinajstić information content (AvgIpc) is 2.04. The van der Waals surface area contributed by atoms with E-state index in [9.17, 15) is 10.1 Å². The molecule has 0 saturated carbocycles. The van der Waals surface area contributed by atoms with E-state index in [1.165, 1.54) is 12.1 Å². The van der Waals surface area contributed by atoms with Crippen molar-refractivity contribution < 1.29 is 4.92 Å². The molecular weight excluding hydrogens is 188 g/mol. The van der Waals surface area contributed by atoms with Crippen molar-refractivity contribution in [2.45, 2.75) is 0 Å².